The number of nitrogens with one attached hydrogen (secondary N) is 2. The maximum absolute atomic E-state index is 7.34. The molecule has 24 heavy (non-hydrogen) atoms. The second kappa shape index (κ2) is 8.02. The Bertz CT molecular complexity index is 720. The van der Waals surface area contributed by atoms with E-state index in [-0.39, 0.29) is 18.4 Å². The van der Waals surface area contributed by atoms with Gasteiger partial charge in [0.25, 0.3) is 0 Å². The first kappa shape index (κ1) is 18.1. The highest BCUT2D eigenvalue weighted by Crippen LogP contribution is 2.33. The zero-order chi connectivity index (χ0) is 16.2. The van der Waals surface area contributed by atoms with E-state index < -0.39 is 0 Å². The largest absolute Gasteiger partial charge is 0.369 e. The summed E-state index contributed by atoms with van der Waals surface area (Å²) in [6.45, 7) is 3.21. The van der Waals surface area contributed by atoms with Crippen LogP contribution < -0.4 is 11.2 Å². The van der Waals surface area contributed by atoms with Gasteiger partial charge in [0.05, 0.1) is 5.71 Å². The summed E-state index contributed by atoms with van der Waals surface area (Å²) in [6, 6.07) is 12.7. The van der Waals surface area contributed by atoms with Gasteiger partial charge in [-0.05, 0) is 36.8 Å². The lowest BCUT2D eigenvalue weighted by Gasteiger charge is -2.26. The smallest absolute Gasteiger partial charge is 0.206 e. The SMILES string of the molecule is CCCn1ccc2c1CC(c1ccccc1)CC2=NNC(=N)N.Cl. The van der Waals surface area contributed by atoms with Gasteiger partial charge in [0.2, 0.25) is 5.96 Å². The lowest BCUT2D eigenvalue weighted by molar-refractivity contribution is 0.599. The van der Waals surface area contributed by atoms with Gasteiger partial charge in [0, 0.05) is 24.0 Å². The molecule has 0 fully saturated rings. The standard InChI is InChI=1S/C18H23N5.ClH/c1-2-9-23-10-8-15-16(21-22-18(19)20)11-14(12-17(15)23)13-6-4-3-5-7-13;/h3-8,10,14H,2,9,11-12H2,1H3,(H4,19,20,22);1H. The predicted octanol–water partition coefficient (Wildman–Crippen LogP) is 3.24. The van der Waals surface area contributed by atoms with Crippen molar-refractivity contribution in [1.82, 2.24) is 9.99 Å². The number of guanidine groups is 1. The van der Waals surface area contributed by atoms with Gasteiger partial charge in [0.15, 0.2) is 0 Å². The molecule has 0 saturated heterocycles. The van der Waals surface area contributed by atoms with E-state index in [1.165, 1.54) is 16.8 Å². The van der Waals surface area contributed by atoms with Crippen LogP contribution in [0.4, 0.5) is 0 Å². The molecule has 1 aliphatic rings. The fourth-order valence-corrected chi connectivity index (χ4v) is 3.29. The number of hydrazone groups is 1. The highest BCUT2D eigenvalue weighted by atomic mass is 35.5. The third-order valence-electron chi connectivity index (χ3n) is 4.32. The molecule has 2 aromatic rings. The second-order valence-corrected chi connectivity index (χ2v) is 5.97. The number of nitrogens with two attached hydrogens (primary N) is 1. The number of aromatic nitrogens is 1. The number of rotatable bonds is 4. The summed E-state index contributed by atoms with van der Waals surface area (Å²) in [5.41, 5.74) is 12.8. The normalized spacial score (nSPS) is 17.9. The summed E-state index contributed by atoms with van der Waals surface area (Å²) in [5, 5.41) is 11.7. The first-order valence-electron chi connectivity index (χ1n) is 8.09. The molecule has 1 aromatic carbocycles. The van der Waals surface area contributed by atoms with Crippen LogP contribution in [0.2, 0.25) is 0 Å². The van der Waals surface area contributed by atoms with Gasteiger partial charge in [-0.3, -0.25) is 5.41 Å². The number of fused-ring (bicyclic) bond motifs is 1. The Morgan fingerprint density at radius 2 is 2.04 bits per heavy atom. The Kier molecular flexibility index (Phi) is 6.04. The molecule has 1 atom stereocenters. The zero-order valence-corrected chi connectivity index (χ0v) is 14.6. The maximum atomic E-state index is 7.34. The van der Waals surface area contributed by atoms with E-state index in [2.05, 4.69) is 58.5 Å². The van der Waals surface area contributed by atoms with E-state index in [4.69, 9.17) is 11.1 Å². The van der Waals surface area contributed by atoms with Crippen LogP contribution in [0.3, 0.4) is 0 Å². The first-order valence-corrected chi connectivity index (χ1v) is 8.09. The minimum Gasteiger partial charge on any atom is -0.369 e. The van der Waals surface area contributed by atoms with Crippen molar-refractivity contribution in [2.45, 2.75) is 38.6 Å². The van der Waals surface area contributed by atoms with E-state index in [9.17, 15) is 0 Å². The van der Waals surface area contributed by atoms with Crippen LogP contribution in [0.1, 0.15) is 42.5 Å². The Morgan fingerprint density at radius 3 is 2.71 bits per heavy atom. The topological polar surface area (TPSA) is 79.2 Å². The van der Waals surface area contributed by atoms with Gasteiger partial charge in [-0.1, -0.05) is 37.3 Å². The molecule has 128 valence electrons. The highest BCUT2D eigenvalue weighted by molar-refractivity contribution is 6.03. The van der Waals surface area contributed by atoms with Crippen molar-refractivity contribution in [2.24, 2.45) is 10.8 Å². The predicted molar refractivity (Wildman–Crippen MR) is 101 cm³/mol. The maximum Gasteiger partial charge on any atom is 0.206 e. The van der Waals surface area contributed by atoms with Crippen LogP contribution in [0.5, 0.6) is 0 Å². The second-order valence-electron chi connectivity index (χ2n) is 5.97. The van der Waals surface area contributed by atoms with E-state index >= 15 is 0 Å². The zero-order valence-electron chi connectivity index (χ0n) is 13.8. The Balaban J connectivity index is 0.00000208. The number of halogens is 1. The van der Waals surface area contributed by atoms with Crippen LogP contribution >= 0.6 is 12.4 Å². The van der Waals surface area contributed by atoms with Crippen molar-refractivity contribution in [3.63, 3.8) is 0 Å². The number of benzene rings is 1. The van der Waals surface area contributed by atoms with Crippen molar-refractivity contribution < 1.29 is 0 Å². The van der Waals surface area contributed by atoms with Gasteiger partial charge in [-0.25, -0.2) is 5.43 Å². The van der Waals surface area contributed by atoms with Crippen molar-refractivity contribution in [3.8, 4) is 0 Å². The van der Waals surface area contributed by atoms with Crippen LogP contribution in [-0.4, -0.2) is 16.2 Å². The molecular formula is C18H24ClN5. The molecular weight excluding hydrogens is 322 g/mol. The number of nitrogens with zero attached hydrogens (tertiary/aromatic N) is 2. The van der Waals surface area contributed by atoms with Crippen molar-refractivity contribution >= 4 is 24.1 Å². The third kappa shape index (κ3) is 3.79. The minimum absolute atomic E-state index is 0. The van der Waals surface area contributed by atoms with E-state index in [1.807, 2.05) is 6.07 Å². The molecule has 1 aromatic heterocycles. The molecule has 3 rings (SSSR count). The molecule has 0 saturated carbocycles. The highest BCUT2D eigenvalue weighted by Gasteiger charge is 2.27. The summed E-state index contributed by atoms with van der Waals surface area (Å²) < 4.78 is 2.33. The van der Waals surface area contributed by atoms with Crippen molar-refractivity contribution in [3.05, 3.63) is 59.4 Å². The van der Waals surface area contributed by atoms with Crippen LogP contribution in [0.15, 0.2) is 47.7 Å². The minimum atomic E-state index is -0.131. The lowest BCUT2D eigenvalue weighted by atomic mass is 9.82. The van der Waals surface area contributed by atoms with Gasteiger partial charge in [-0.15, -0.1) is 12.4 Å². The van der Waals surface area contributed by atoms with Gasteiger partial charge in [-0.2, -0.15) is 5.10 Å². The quantitative estimate of drug-likeness (QED) is 0.452. The lowest BCUT2D eigenvalue weighted by Crippen LogP contribution is -2.29. The summed E-state index contributed by atoms with van der Waals surface area (Å²) in [5.74, 6) is 0.274. The van der Waals surface area contributed by atoms with E-state index in [0.29, 0.717) is 5.92 Å². The molecule has 5 nitrogen and oxygen atoms in total. The molecule has 4 N–H and O–H groups in total. The van der Waals surface area contributed by atoms with Crippen molar-refractivity contribution in [2.75, 3.05) is 0 Å². The molecule has 0 bridgehead atoms. The summed E-state index contributed by atoms with van der Waals surface area (Å²) >= 11 is 0. The molecule has 1 unspecified atom stereocenters. The molecule has 0 amide bonds. The average molecular weight is 346 g/mol. The number of hydrogen-bond donors (Lipinski definition) is 3. The molecule has 1 aliphatic carbocycles. The molecule has 0 radical (unpaired) electrons. The molecule has 6 heteroatoms. The number of hydrogen-bond acceptors (Lipinski definition) is 2. The third-order valence-corrected chi connectivity index (χ3v) is 4.32. The summed E-state index contributed by atoms with van der Waals surface area (Å²) in [4.78, 5) is 0. The van der Waals surface area contributed by atoms with Gasteiger partial charge in [0.1, 0.15) is 0 Å². The van der Waals surface area contributed by atoms with Crippen LogP contribution in [0, 0.1) is 5.41 Å². The van der Waals surface area contributed by atoms with Gasteiger partial charge < -0.3 is 10.3 Å². The Hall–Kier alpha value is -2.27. The summed E-state index contributed by atoms with van der Waals surface area (Å²) in [7, 11) is 0. The van der Waals surface area contributed by atoms with E-state index in [0.717, 1.165) is 31.5 Å². The Morgan fingerprint density at radius 1 is 1.29 bits per heavy atom. The first-order chi connectivity index (χ1) is 11.2. The molecule has 0 aliphatic heterocycles. The Labute approximate surface area is 148 Å². The van der Waals surface area contributed by atoms with Crippen LogP contribution in [-0.2, 0) is 13.0 Å². The molecule has 0 spiro atoms. The van der Waals surface area contributed by atoms with Gasteiger partial charge >= 0.3 is 0 Å². The number of aryl methyl sites for hydroxylation is 1. The molecule has 1 heterocycles. The monoisotopic (exact) mass is 345 g/mol. The van der Waals surface area contributed by atoms with Crippen LogP contribution in [0.25, 0.3) is 0 Å². The average Bonchev–Trinajstić information content (AvgIpc) is 2.97. The summed E-state index contributed by atoms with van der Waals surface area (Å²) in [6.07, 6.45) is 5.12. The van der Waals surface area contributed by atoms with E-state index in [1.54, 1.807) is 0 Å². The fraction of sp³-hybridized carbons (Fsp3) is 0.333. The fourth-order valence-electron chi connectivity index (χ4n) is 3.29. The van der Waals surface area contributed by atoms with Crippen molar-refractivity contribution in [1.29, 1.82) is 5.41 Å².